The van der Waals surface area contributed by atoms with Crippen molar-refractivity contribution in [1.29, 1.82) is 0 Å². The molecule has 2 heterocycles. The van der Waals surface area contributed by atoms with E-state index in [9.17, 15) is 9.50 Å². The van der Waals surface area contributed by atoms with Gasteiger partial charge in [-0.15, -0.1) is 0 Å². The third kappa shape index (κ3) is 1.48. The summed E-state index contributed by atoms with van der Waals surface area (Å²) >= 11 is 0. The van der Waals surface area contributed by atoms with Crippen molar-refractivity contribution < 1.29 is 9.50 Å². The van der Waals surface area contributed by atoms with Gasteiger partial charge in [0.2, 0.25) is 0 Å². The van der Waals surface area contributed by atoms with Crippen molar-refractivity contribution in [2.45, 2.75) is 19.0 Å². The zero-order valence-electron chi connectivity index (χ0n) is 9.70. The maximum atomic E-state index is 13.8. The van der Waals surface area contributed by atoms with Crippen molar-refractivity contribution >= 4 is 10.9 Å². The van der Waals surface area contributed by atoms with Crippen LogP contribution < -0.4 is 5.32 Å². The molecule has 0 spiro atoms. The number of para-hydroxylation sites is 1. The second-order valence-corrected chi connectivity index (χ2v) is 4.58. The lowest BCUT2D eigenvalue weighted by atomic mass is 9.99. The van der Waals surface area contributed by atoms with Crippen LogP contribution in [0.2, 0.25) is 0 Å². The number of nitrogens with zero attached hydrogens (tertiary/aromatic N) is 1. The van der Waals surface area contributed by atoms with E-state index in [0.717, 1.165) is 17.5 Å². The van der Waals surface area contributed by atoms with Gasteiger partial charge in [0.15, 0.2) is 0 Å². The van der Waals surface area contributed by atoms with E-state index in [1.807, 2.05) is 17.7 Å². The van der Waals surface area contributed by atoms with Crippen molar-refractivity contribution in [3.05, 3.63) is 35.3 Å². The summed E-state index contributed by atoms with van der Waals surface area (Å²) in [6, 6.07) is 5.27. The maximum Gasteiger partial charge on any atom is 0.147 e. The zero-order valence-corrected chi connectivity index (χ0v) is 9.70. The molecule has 1 aromatic carbocycles. The van der Waals surface area contributed by atoms with Gasteiger partial charge in [0.25, 0.3) is 0 Å². The lowest BCUT2D eigenvalue weighted by Gasteiger charge is -2.23. The van der Waals surface area contributed by atoms with Gasteiger partial charge in [0, 0.05) is 30.7 Å². The highest BCUT2D eigenvalue weighted by Gasteiger charge is 2.24. The van der Waals surface area contributed by atoms with Crippen molar-refractivity contribution in [2.24, 2.45) is 7.05 Å². The van der Waals surface area contributed by atoms with Crippen LogP contribution in [0.25, 0.3) is 10.9 Å². The minimum absolute atomic E-state index is 0.0800. The number of nitrogens with one attached hydrogen (secondary N) is 1. The normalized spacial score (nSPS) is 19.6. The van der Waals surface area contributed by atoms with E-state index in [2.05, 4.69) is 5.32 Å². The minimum atomic E-state index is -0.181. The van der Waals surface area contributed by atoms with Crippen molar-refractivity contribution in [2.75, 3.05) is 6.61 Å². The predicted molar refractivity (Wildman–Crippen MR) is 64.3 cm³/mol. The van der Waals surface area contributed by atoms with Crippen LogP contribution >= 0.6 is 0 Å². The van der Waals surface area contributed by atoms with Crippen LogP contribution in [0.4, 0.5) is 4.39 Å². The molecule has 4 heteroatoms. The van der Waals surface area contributed by atoms with E-state index in [4.69, 9.17) is 0 Å². The maximum absolute atomic E-state index is 13.8. The molecular formula is C13H15FN2O. The van der Waals surface area contributed by atoms with Gasteiger partial charge in [-0.25, -0.2) is 4.39 Å². The van der Waals surface area contributed by atoms with Crippen LogP contribution in [0.1, 0.15) is 11.3 Å². The molecule has 0 fully saturated rings. The first-order valence-corrected chi connectivity index (χ1v) is 5.81. The Kier molecular flexibility index (Phi) is 2.42. The number of aryl methyl sites for hydroxylation is 1. The Morgan fingerprint density at radius 2 is 2.35 bits per heavy atom. The molecule has 1 aromatic heterocycles. The molecule has 2 aromatic rings. The molecule has 1 aliphatic heterocycles. The smallest absolute Gasteiger partial charge is 0.147 e. The van der Waals surface area contributed by atoms with Gasteiger partial charge < -0.3 is 15.0 Å². The molecule has 17 heavy (non-hydrogen) atoms. The van der Waals surface area contributed by atoms with Crippen LogP contribution in [-0.2, 0) is 20.0 Å². The van der Waals surface area contributed by atoms with E-state index in [1.54, 1.807) is 6.07 Å². The molecule has 0 radical (unpaired) electrons. The molecule has 1 atom stereocenters. The van der Waals surface area contributed by atoms with Crippen molar-refractivity contribution in [1.82, 2.24) is 9.88 Å². The highest BCUT2D eigenvalue weighted by molar-refractivity contribution is 5.86. The van der Waals surface area contributed by atoms with Crippen molar-refractivity contribution in [3.8, 4) is 0 Å². The van der Waals surface area contributed by atoms with Gasteiger partial charge >= 0.3 is 0 Å². The van der Waals surface area contributed by atoms with Crippen LogP contribution in [0.15, 0.2) is 18.2 Å². The quantitative estimate of drug-likeness (QED) is 0.781. The lowest BCUT2D eigenvalue weighted by Crippen LogP contribution is -2.38. The Labute approximate surface area is 98.9 Å². The second kappa shape index (κ2) is 3.82. The molecular weight excluding hydrogens is 219 g/mol. The standard InChI is InChI=1S/C13H15FN2O/c1-16-12-6-15-8(7-17)5-10(12)9-3-2-4-11(14)13(9)16/h2-4,8,15,17H,5-7H2,1H3. The average Bonchev–Trinajstić information content (AvgIpc) is 2.64. The fourth-order valence-corrected chi connectivity index (χ4v) is 2.73. The monoisotopic (exact) mass is 234 g/mol. The SMILES string of the molecule is Cn1c2c(c3cccc(F)c31)CC(CO)NC2. The summed E-state index contributed by atoms with van der Waals surface area (Å²) in [5.74, 6) is -0.181. The van der Waals surface area contributed by atoms with Gasteiger partial charge in [-0.05, 0) is 18.1 Å². The second-order valence-electron chi connectivity index (χ2n) is 4.58. The molecule has 0 saturated heterocycles. The Hall–Kier alpha value is -1.39. The number of aromatic nitrogens is 1. The van der Waals surface area contributed by atoms with E-state index < -0.39 is 0 Å². The Morgan fingerprint density at radius 3 is 3.12 bits per heavy atom. The molecule has 3 rings (SSSR count). The fourth-order valence-electron chi connectivity index (χ4n) is 2.73. The van der Waals surface area contributed by atoms with Gasteiger partial charge in [-0.1, -0.05) is 12.1 Å². The molecule has 1 unspecified atom stereocenters. The first-order chi connectivity index (χ1) is 8.22. The highest BCUT2D eigenvalue weighted by Crippen LogP contribution is 2.30. The molecule has 0 saturated carbocycles. The molecule has 90 valence electrons. The third-order valence-corrected chi connectivity index (χ3v) is 3.63. The largest absolute Gasteiger partial charge is 0.395 e. The third-order valence-electron chi connectivity index (χ3n) is 3.63. The van der Waals surface area contributed by atoms with Crippen LogP contribution in [0.3, 0.4) is 0 Å². The summed E-state index contributed by atoms with van der Waals surface area (Å²) in [6.45, 7) is 0.802. The summed E-state index contributed by atoms with van der Waals surface area (Å²) in [5, 5.41) is 13.4. The number of rotatable bonds is 1. The first-order valence-electron chi connectivity index (χ1n) is 5.81. The molecule has 0 bridgehead atoms. The first kappa shape index (κ1) is 10.7. The summed E-state index contributed by atoms with van der Waals surface area (Å²) in [7, 11) is 1.89. The molecule has 3 nitrogen and oxygen atoms in total. The molecule has 2 N–H and O–H groups in total. The van der Waals surface area contributed by atoms with Crippen molar-refractivity contribution in [3.63, 3.8) is 0 Å². The summed E-state index contributed by atoms with van der Waals surface area (Å²) in [5.41, 5.74) is 2.95. The Morgan fingerprint density at radius 1 is 1.53 bits per heavy atom. The van der Waals surface area contributed by atoms with E-state index in [0.29, 0.717) is 12.1 Å². The van der Waals surface area contributed by atoms with Gasteiger partial charge in [0.05, 0.1) is 12.1 Å². The predicted octanol–water partition coefficient (Wildman–Crippen LogP) is 1.32. The van der Waals surface area contributed by atoms with Gasteiger partial charge in [0.1, 0.15) is 5.82 Å². The van der Waals surface area contributed by atoms with Gasteiger partial charge in [-0.2, -0.15) is 0 Å². The summed E-state index contributed by atoms with van der Waals surface area (Å²) < 4.78 is 15.7. The van der Waals surface area contributed by atoms with Gasteiger partial charge in [-0.3, -0.25) is 0 Å². The van der Waals surface area contributed by atoms with Crippen LogP contribution in [0, 0.1) is 5.82 Å². The number of hydrogen-bond acceptors (Lipinski definition) is 2. The summed E-state index contributed by atoms with van der Waals surface area (Å²) in [4.78, 5) is 0. The number of hydrogen-bond donors (Lipinski definition) is 2. The number of halogens is 1. The summed E-state index contributed by atoms with van der Waals surface area (Å²) in [6.07, 6.45) is 0.757. The highest BCUT2D eigenvalue weighted by atomic mass is 19.1. The number of benzene rings is 1. The molecule has 0 amide bonds. The minimum Gasteiger partial charge on any atom is -0.395 e. The lowest BCUT2D eigenvalue weighted by molar-refractivity contribution is 0.235. The Balaban J connectivity index is 2.26. The number of fused-ring (bicyclic) bond motifs is 3. The molecule has 0 aliphatic carbocycles. The zero-order chi connectivity index (χ0) is 12.0. The average molecular weight is 234 g/mol. The van der Waals surface area contributed by atoms with E-state index in [-0.39, 0.29) is 18.5 Å². The van der Waals surface area contributed by atoms with Crippen LogP contribution in [0.5, 0.6) is 0 Å². The number of aliphatic hydroxyl groups is 1. The fraction of sp³-hybridized carbons (Fsp3) is 0.385. The topological polar surface area (TPSA) is 37.2 Å². The number of aliphatic hydroxyl groups excluding tert-OH is 1. The Bertz CT molecular complexity index is 576. The van der Waals surface area contributed by atoms with E-state index >= 15 is 0 Å². The van der Waals surface area contributed by atoms with Crippen LogP contribution in [-0.4, -0.2) is 22.3 Å². The molecule has 1 aliphatic rings. The van der Waals surface area contributed by atoms with E-state index in [1.165, 1.54) is 11.6 Å².